The van der Waals surface area contributed by atoms with Gasteiger partial charge in [-0.25, -0.2) is 0 Å². The lowest BCUT2D eigenvalue weighted by atomic mass is 9.90. The van der Waals surface area contributed by atoms with Crippen molar-refractivity contribution < 1.29 is 4.74 Å². The highest BCUT2D eigenvalue weighted by Crippen LogP contribution is 2.32. The van der Waals surface area contributed by atoms with Crippen molar-refractivity contribution in [2.24, 2.45) is 0 Å². The average molecular weight is 292 g/mol. The van der Waals surface area contributed by atoms with E-state index in [0.29, 0.717) is 12.1 Å². The minimum atomic E-state index is 0.415. The van der Waals surface area contributed by atoms with E-state index in [1.165, 1.54) is 16.7 Å². The van der Waals surface area contributed by atoms with Crippen LogP contribution in [-0.4, -0.2) is 42.2 Å². The molecule has 0 aliphatic carbocycles. The van der Waals surface area contributed by atoms with Gasteiger partial charge in [0.25, 0.3) is 0 Å². The molecule has 0 amide bonds. The molecule has 0 saturated carbocycles. The smallest absolute Gasteiger partial charge is 0.0701 e. The predicted molar refractivity (Wildman–Crippen MR) is 88.4 cm³/mol. The van der Waals surface area contributed by atoms with Crippen LogP contribution < -0.4 is 0 Å². The first-order chi connectivity index (χ1) is 10.8. The van der Waals surface area contributed by atoms with Crippen LogP contribution in [0, 0.1) is 0 Å². The van der Waals surface area contributed by atoms with Crippen molar-refractivity contribution in [2.45, 2.75) is 18.5 Å². The largest absolute Gasteiger partial charge is 0.378 e. The summed E-state index contributed by atoms with van der Waals surface area (Å²) in [5.41, 5.74) is 4.96. The molecule has 2 aromatic rings. The second-order valence-corrected chi connectivity index (χ2v) is 6.11. The minimum Gasteiger partial charge on any atom is -0.378 e. The molecule has 3 heterocycles. The lowest BCUT2D eigenvalue weighted by Gasteiger charge is -2.42. The summed E-state index contributed by atoms with van der Waals surface area (Å²) in [6, 6.07) is 15.7. The third-order valence-corrected chi connectivity index (χ3v) is 4.76. The molecule has 1 saturated heterocycles. The molecule has 2 unspecified atom stereocenters. The van der Waals surface area contributed by atoms with Gasteiger partial charge in [-0.1, -0.05) is 36.4 Å². The fraction of sp³-hybridized carbons (Fsp3) is 0.316. The fourth-order valence-corrected chi connectivity index (χ4v) is 3.36. The molecule has 112 valence electrons. The molecule has 1 fully saturated rings. The fourth-order valence-electron chi connectivity index (χ4n) is 3.36. The molecule has 0 spiro atoms. The van der Waals surface area contributed by atoms with Gasteiger partial charge in [-0.05, 0) is 36.7 Å². The standard InChI is InChI=1S/C19H20N2O/c1-21-17-10-16(11-18(21)13-22-12-17)14-5-7-15(8-6-14)19-4-2-3-9-20-19/h2-10,17-18H,11-13H2,1H3. The Labute approximate surface area is 131 Å². The van der Waals surface area contributed by atoms with Gasteiger partial charge in [0.2, 0.25) is 0 Å². The van der Waals surface area contributed by atoms with Gasteiger partial charge in [0.05, 0.1) is 24.9 Å². The highest BCUT2D eigenvalue weighted by atomic mass is 16.5. The molecule has 0 radical (unpaired) electrons. The van der Waals surface area contributed by atoms with Gasteiger partial charge in [0.15, 0.2) is 0 Å². The quantitative estimate of drug-likeness (QED) is 0.849. The summed E-state index contributed by atoms with van der Waals surface area (Å²) in [5, 5.41) is 0. The van der Waals surface area contributed by atoms with E-state index < -0.39 is 0 Å². The average Bonchev–Trinajstić information content (AvgIpc) is 2.56. The number of likely N-dealkylation sites (N-methyl/N-ethyl adjacent to an activating group) is 1. The molecule has 1 aromatic carbocycles. The number of ether oxygens (including phenoxy) is 1. The predicted octanol–water partition coefficient (Wildman–Crippen LogP) is 3.23. The zero-order chi connectivity index (χ0) is 14.9. The van der Waals surface area contributed by atoms with Gasteiger partial charge < -0.3 is 4.74 Å². The molecule has 0 N–H and O–H groups in total. The Morgan fingerprint density at radius 3 is 2.59 bits per heavy atom. The normalized spacial score (nSPS) is 24.9. The lowest BCUT2D eigenvalue weighted by molar-refractivity contribution is -0.0221. The zero-order valence-electron chi connectivity index (χ0n) is 12.8. The molecular weight excluding hydrogens is 272 g/mol. The van der Waals surface area contributed by atoms with E-state index >= 15 is 0 Å². The van der Waals surface area contributed by atoms with Crippen molar-refractivity contribution >= 4 is 5.57 Å². The molecule has 3 nitrogen and oxygen atoms in total. The van der Waals surface area contributed by atoms with Crippen LogP contribution in [0.15, 0.2) is 54.7 Å². The van der Waals surface area contributed by atoms with Gasteiger partial charge in [0, 0.05) is 17.8 Å². The monoisotopic (exact) mass is 292 g/mol. The maximum atomic E-state index is 5.67. The number of hydrogen-bond donors (Lipinski definition) is 0. The van der Waals surface area contributed by atoms with Crippen LogP contribution in [0.3, 0.4) is 0 Å². The SMILES string of the molecule is CN1C2C=C(c3ccc(-c4ccccn4)cc3)CC1COC2. The number of fused-ring (bicyclic) bond motifs is 2. The number of rotatable bonds is 2. The molecule has 3 heteroatoms. The van der Waals surface area contributed by atoms with Crippen LogP contribution in [0.1, 0.15) is 12.0 Å². The number of hydrogen-bond acceptors (Lipinski definition) is 3. The highest BCUT2D eigenvalue weighted by Gasteiger charge is 2.32. The van der Waals surface area contributed by atoms with Crippen LogP contribution in [-0.2, 0) is 4.74 Å². The summed E-state index contributed by atoms with van der Waals surface area (Å²) in [7, 11) is 2.20. The van der Waals surface area contributed by atoms with Crippen LogP contribution in [0.25, 0.3) is 16.8 Å². The Balaban J connectivity index is 1.61. The van der Waals surface area contributed by atoms with Gasteiger partial charge in [0.1, 0.15) is 0 Å². The first-order valence-corrected chi connectivity index (χ1v) is 7.83. The first-order valence-electron chi connectivity index (χ1n) is 7.83. The minimum absolute atomic E-state index is 0.415. The molecule has 2 atom stereocenters. The van der Waals surface area contributed by atoms with E-state index in [4.69, 9.17) is 4.74 Å². The number of morpholine rings is 1. The molecule has 2 bridgehead atoms. The Hall–Kier alpha value is -1.97. The zero-order valence-corrected chi connectivity index (χ0v) is 12.8. The van der Waals surface area contributed by atoms with Crippen LogP contribution in [0.5, 0.6) is 0 Å². The highest BCUT2D eigenvalue weighted by molar-refractivity contribution is 5.70. The van der Waals surface area contributed by atoms with E-state index in [1.54, 1.807) is 0 Å². The summed E-state index contributed by atoms with van der Waals surface area (Å²) in [6.45, 7) is 1.65. The second-order valence-electron chi connectivity index (χ2n) is 6.11. The van der Waals surface area contributed by atoms with Crippen molar-refractivity contribution in [3.05, 3.63) is 60.3 Å². The van der Waals surface area contributed by atoms with Gasteiger partial charge in [-0.2, -0.15) is 0 Å². The van der Waals surface area contributed by atoms with Crippen molar-refractivity contribution in [3.8, 4) is 11.3 Å². The Morgan fingerprint density at radius 2 is 1.86 bits per heavy atom. The van der Waals surface area contributed by atoms with Crippen molar-refractivity contribution in [2.75, 3.05) is 20.3 Å². The lowest BCUT2D eigenvalue weighted by Crippen LogP contribution is -2.51. The second kappa shape index (κ2) is 5.67. The number of aromatic nitrogens is 1. The van der Waals surface area contributed by atoms with Crippen molar-refractivity contribution in [1.82, 2.24) is 9.88 Å². The Morgan fingerprint density at radius 1 is 1.05 bits per heavy atom. The van der Waals surface area contributed by atoms with Gasteiger partial charge in [-0.3, -0.25) is 9.88 Å². The molecule has 1 aromatic heterocycles. The molecule has 2 aliphatic heterocycles. The molecule has 22 heavy (non-hydrogen) atoms. The van der Waals surface area contributed by atoms with E-state index in [0.717, 1.165) is 25.3 Å². The van der Waals surface area contributed by atoms with Crippen molar-refractivity contribution in [1.29, 1.82) is 0 Å². The summed E-state index contributed by atoms with van der Waals surface area (Å²) in [4.78, 5) is 6.85. The summed E-state index contributed by atoms with van der Waals surface area (Å²) in [5.74, 6) is 0. The third-order valence-electron chi connectivity index (χ3n) is 4.76. The van der Waals surface area contributed by atoms with Gasteiger partial charge >= 0.3 is 0 Å². The molecule has 4 rings (SSSR count). The first kappa shape index (κ1) is 13.7. The Bertz CT molecular complexity index is 678. The third kappa shape index (κ3) is 2.47. The van der Waals surface area contributed by atoms with Crippen LogP contribution in [0.4, 0.5) is 0 Å². The summed E-state index contributed by atoms with van der Waals surface area (Å²) in [6.07, 6.45) is 5.27. The number of pyridine rings is 1. The maximum absolute atomic E-state index is 5.67. The summed E-state index contributed by atoms with van der Waals surface area (Å²) < 4.78 is 5.67. The van der Waals surface area contributed by atoms with Crippen LogP contribution >= 0.6 is 0 Å². The van der Waals surface area contributed by atoms with Gasteiger partial charge in [-0.15, -0.1) is 0 Å². The topological polar surface area (TPSA) is 25.4 Å². The maximum Gasteiger partial charge on any atom is 0.0701 e. The Kier molecular flexibility index (Phi) is 3.53. The van der Waals surface area contributed by atoms with Crippen molar-refractivity contribution in [3.63, 3.8) is 0 Å². The summed E-state index contributed by atoms with van der Waals surface area (Å²) >= 11 is 0. The van der Waals surface area contributed by atoms with E-state index in [-0.39, 0.29) is 0 Å². The van der Waals surface area contributed by atoms with E-state index in [2.05, 4.69) is 47.3 Å². The molecule has 2 aliphatic rings. The number of benzene rings is 1. The number of nitrogens with zero attached hydrogens (tertiary/aromatic N) is 2. The van der Waals surface area contributed by atoms with E-state index in [9.17, 15) is 0 Å². The molecular formula is C19H20N2O. The van der Waals surface area contributed by atoms with E-state index in [1.807, 2.05) is 24.4 Å². The van der Waals surface area contributed by atoms with Crippen LogP contribution in [0.2, 0.25) is 0 Å².